The van der Waals surface area contributed by atoms with Gasteiger partial charge >= 0.3 is 0 Å². The number of carbonyl (C=O) groups is 2. The minimum atomic E-state index is -0.632. The molecule has 2 amide bonds. The Bertz CT molecular complexity index is 364. The van der Waals surface area contributed by atoms with Crippen molar-refractivity contribution in [3.05, 3.63) is 0 Å². The van der Waals surface area contributed by atoms with Crippen molar-refractivity contribution in [1.82, 2.24) is 10.2 Å². The Morgan fingerprint density at radius 3 is 2.60 bits per heavy atom. The van der Waals surface area contributed by atoms with Crippen LogP contribution in [0, 0.1) is 0 Å². The Hall–Kier alpha value is -1.10. The number of amides is 2. The number of ether oxygens (including phenoxy) is 1. The molecule has 5 heteroatoms. The molecular formula is C15H26N2O3. The molecule has 1 heterocycles. The molecule has 0 bridgehead atoms. The molecule has 0 aromatic heterocycles. The smallest absolute Gasteiger partial charge is 0.249 e. The molecule has 1 aliphatic carbocycles. The molecule has 2 rings (SSSR count). The van der Waals surface area contributed by atoms with Crippen LogP contribution in [0.5, 0.6) is 0 Å². The van der Waals surface area contributed by atoms with E-state index in [1.54, 1.807) is 11.8 Å². The van der Waals surface area contributed by atoms with E-state index in [-0.39, 0.29) is 17.9 Å². The summed E-state index contributed by atoms with van der Waals surface area (Å²) < 4.78 is 5.47. The summed E-state index contributed by atoms with van der Waals surface area (Å²) in [5.41, 5.74) is -0.632. The lowest BCUT2D eigenvalue weighted by Crippen LogP contribution is -2.70. The van der Waals surface area contributed by atoms with E-state index in [0.29, 0.717) is 19.8 Å². The molecule has 0 aromatic rings. The molecule has 1 N–H and O–H groups in total. The van der Waals surface area contributed by atoms with Gasteiger partial charge in [0.05, 0.1) is 6.61 Å². The molecular weight excluding hydrogens is 256 g/mol. The maximum absolute atomic E-state index is 12.8. The molecule has 1 saturated carbocycles. The quantitative estimate of drug-likeness (QED) is 0.777. The van der Waals surface area contributed by atoms with Crippen LogP contribution in [0.25, 0.3) is 0 Å². The van der Waals surface area contributed by atoms with Gasteiger partial charge in [-0.05, 0) is 26.2 Å². The topological polar surface area (TPSA) is 58.6 Å². The Morgan fingerprint density at radius 1 is 1.25 bits per heavy atom. The van der Waals surface area contributed by atoms with E-state index < -0.39 is 5.54 Å². The van der Waals surface area contributed by atoms with Crippen LogP contribution in [0.2, 0.25) is 0 Å². The molecule has 0 radical (unpaired) electrons. The number of piperazine rings is 1. The number of hydrogen-bond acceptors (Lipinski definition) is 3. The van der Waals surface area contributed by atoms with Gasteiger partial charge in [-0.1, -0.05) is 26.2 Å². The van der Waals surface area contributed by atoms with E-state index in [9.17, 15) is 9.59 Å². The van der Waals surface area contributed by atoms with Gasteiger partial charge in [-0.2, -0.15) is 0 Å². The molecule has 5 nitrogen and oxygen atoms in total. The lowest BCUT2D eigenvalue weighted by atomic mass is 9.78. The van der Waals surface area contributed by atoms with Crippen LogP contribution in [0.3, 0.4) is 0 Å². The highest BCUT2D eigenvalue weighted by Gasteiger charge is 2.49. The largest absolute Gasteiger partial charge is 0.380 e. The first-order chi connectivity index (χ1) is 9.60. The third-order valence-electron chi connectivity index (χ3n) is 4.41. The van der Waals surface area contributed by atoms with Gasteiger partial charge in [-0.25, -0.2) is 0 Å². The van der Waals surface area contributed by atoms with Crippen molar-refractivity contribution in [2.24, 2.45) is 0 Å². The second kappa shape index (κ2) is 6.57. The summed E-state index contributed by atoms with van der Waals surface area (Å²) in [6.45, 7) is 5.57. The van der Waals surface area contributed by atoms with Gasteiger partial charge in [0.25, 0.3) is 0 Å². The van der Waals surface area contributed by atoms with Crippen molar-refractivity contribution < 1.29 is 14.3 Å². The summed E-state index contributed by atoms with van der Waals surface area (Å²) >= 11 is 0. The van der Waals surface area contributed by atoms with Crippen molar-refractivity contribution in [3.8, 4) is 0 Å². The summed E-state index contributed by atoms with van der Waals surface area (Å²) in [4.78, 5) is 26.7. The van der Waals surface area contributed by atoms with Crippen LogP contribution < -0.4 is 5.32 Å². The predicted molar refractivity (Wildman–Crippen MR) is 76.2 cm³/mol. The zero-order valence-corrected chi connectivity index (χ0v) is 12.6. The van der Waals surface area contributed by atoms with Crippen molar-refractivity contribution in [2.75, 3.05) is 19.8 Å². The Morgan fingerprint density at radius 2 is 1.95 bits per heavy atom. The lowest BCUT2D eigenvalue weighted by molar-refractivity contribution is -0.156. The monoisotopic (exact) mass is 282 g/mol. The van der Waals surface area contributed by atoms with Crippen LogP contribution in [0.15, 0.2) is 0 Å². The molecule has 20 heavy (non-hydrogen) atoms. The predicted octanol–water partition coefficient (Wildman–Crippen LogP) is 1.46. The van der Waals surface area contributed by atoms with Gasteiger partial charge in [0, 0.05) is 13.2 Å². The Labute approximate surface area is 121 Å². The van der Waals surface area contributed by atoms with Gasteiger partial charge in [-0.3, -0.25) is 9.59 Å². The first-order valence-corrected chi connectivity index (χ1v) is 7.81. The first-order valence-electron chi connectivity index (χ1n) is 7.81. The molecule has 2 aliphatic rings. The van der Waals surface area contributed by atoms with E-state index in [0.717, 1.165) is 38.5 Å². The van der Waals surface area contributed by atoms with Gasteiger partial charge in [0.15, 0.2) is 0 Å². The normalized spacial score (nSPS) is 25.9. The molecule has 1 atom stereocenters. The molecule has 1 spiro atoms. The van der Waals surface area contributed by atoms with Crippen LogP contribution in [0.4, 0.5) is 0 Å². The lowest BCUT2D eigenvalue weighted by Gasteiger charge is -2.46. The number of hydrogen-bond donors (Lipinski definition) is 1. The van der Waals surface area contributed by atoms with Crippen molar-refractivity contribution in [1.29, 1.82) is 0 Å². The third-order valence-corrected chi connectivity index (χ3v) is 4.41. The minimum Gasteiger partial charge on any atom is -0.380 e. The molecule has 114 valence electrons. The maximum Gasteiger partial charge on any atom is 0.249 e. The van der Waals surface area contributed by atoms with E-state index in [4.69, 9.17) is 4.74 Å². The van der Waals surface area contributed by atoms with Crippen LogP contribution >= 0.6 is 0 Å². The van der Waals surface area contributed by atoms with Crippen LogP contribution in [-0.4, -0.2) is 48.1 Å². The maximum atomic E-state index is 12.8. The number of nitrogens with zero attached hydrogens (tertiary/aromatic N) is 1. The van der Waals surface area contributed by atoms with Crippen molar-refractivity contribution >= 4 is 11.8 Å². The summed E-state index contributed by atoms with van der Waals surface area (Å²) in [6, 6.07) is -0.389. The van der Waals surface area contributed by atoms with Crippen LogP contribution in [0.1, 0.15) is 52.4 Å². The summed E-state index contributed by atoms with van der Waals surface area (Å²) in [7, 11) is 0. The fraction of sp³-hybridized carbons (Fsp3) is 0.867. The van der Waals surface area contributed by atoms with Crippen molar-refractivity contribution in [2.45, 2.75) is 64.0 Å². The fourth-order valence-corrected chi connectivity index (χ4v) is 3.18. The van der Waals surface area contributed by atoms with Gasteiger partial charge < -0.3 is 15.0 Å². The number of nitrogens with one attached hydrogen (secondary N) is 1. The molecule has 1 aliphatic heterocycles. The fourth-order valence-electron chi connectivity index (χ4n) is 3.18. The van der Waals surface area contributed by atoms with Gasteiger partial charge in [-0.15, -0.1) is 0 Å². The zero-order chi connectivity index (χ0) is 14.6. The molecule has 1 saturated heterocycles. The molecule has 0 aromatic carbocycles. The Balaban J connectivity index is 2.04. The van der Waals surface area contributed by atoms with E-state index in [1.807, 2.05) is 0 Å². The first kappa shape index (κ1) is 15.3. The van der Waals surface area contributed by atoms with Crippen molar-refractivity contribution in [3.63, 3.8) is 0 Å². The van der Waals surface area contributed by atoms with Crippen LogP contribution in [-0.2, 0) is 14.3 Å². The Kier molecular flexibility index (Phi) is 5.02. The zero-order valence-electron chi connectivity index (χ0n) is 12.6. The summed E-state index contributed by atoms with van der Waals surface area (Å²) in [5, 5.41) is 2.99. The molecule has 2 fully saturated rings. The highest BCUT2D eigenvalue weighted by molar-refractivity contribution is 5.99. The highest BCUT2D eigenvalue weighted by atomic mass is 16.5. The van der Waals surface area contributed by atoms with E-state index in [2.05, 4.69) is 12.2 Å². The average molecular weight is 282 g/mol. The second-order valence-electron chi connectivity index (χ2n) is 5.92. The van der Waals surface area contributed by atoms with E-state index >= 15 is 0 Å². The SMILES string of the molecule is CCCOCCN1C(=O)C2(CCCCC2)NC(=O)C1C. The minimum absolute atomic E-state index is 0.0259. The van der Waals surface area contributed by atoms with E-state index in [1.165, 1.54) is 0 Å². The second-order valence-corrected chi connectivity index (χ2v) is 5.92. The number of rotatable bonds is 5. The molecule has 1 unspecified atom stereocenters. The standard InChI is InChI=1S/C15H26N2O3/c1-3-10-20-11-9-17-12(2)13(18)16-15(14(17)19)7-5-4-6-8-15/h12H,3-11H2,1-2H3,(H,16,18). The number of carbonyl (C=O) groups excluding carboxylic acids is 2. The van der Waals surface area contributed by atoms with Gasteiger partial charge in [0.2, 0.25) is 11.8 Å². The third kappa shape index (κ3) is 2.97. The van der Waals surface area contributed by atoms with Gasteiger partial charge in [0.1, 0.15) is 11.6 Å². The summed E-state index contributed by atoms with van der Waals surface area (Å²) in [5.74, 6) is 0.0615. The average Bonchev–Trinajstić information content (AvgIpc) is 2.46. The highest BCUT2D eigenvalue weighted by Crippen LogP contribution is 2.33. The summed E-state index contributed by atoms with van der Waals surface area (Å²) in [6.07, 6.45) is 5.70.